The van der Waals surface area contributed by atoms with E-state index in [2.05, 4.69) is 41.2 Å². The van der Waals surface area contributed by atoms with Gasteiger partial charge >= 0.3 is 0 Å². The first-order valence-electron chi connectivity index (χ1n) is 10.2. The molecule has 4 rings (SSSR count). The van der Waals surface area contributed by atoms with Crippen molar-refractivity contribution in [2.75, 3.05) is 0 Å². The zero-order valence-electron chi connectivity index (χ0n) is 17.8. The Kier molecular flexibility index (Phi) is 5.95. The van der Waals surface area contributed by atoms with Crippen molar-refractivity contribution in [1.82, 2.24) is 19.4 Å². The van der Waals surface area contributed by atoms with Crippen molar-refractivity contribution in [3.8, 4) is 0 Å². The van der Waals surface area contributed by atoms with Gasteiger partial charge in [-0.25, -0.2) is 4.98 Å². The molecule has 31 heavy (non-hydrogen) atoms. The van der Waals surface area contributed by atoms with Crippen molar-refractivity contribution < 1.29 is 4.79 Å². The Morgan fingerprint density at radius 3 is 2.48 bits per heavy atom. The minimum Gasteiger partial charge on any atom is -0.329 e. The van der Waals surface area contributed by atoms with E-state index in [0.717, 1.165) is 17.5 Å². The van der Waals surface area contributed by atoms with Gasteiger partial charge in [-0.15, -0.1) is 11.3 Å². The van der Waals surface area contributed by atoms with E-state index in [4.69, 9.17) is 0 Å². The van der Waals surface area contributed by atoms with Gasteiger partial charge in [-0.3, -0.25) is 14.6 Å². The Morgan fingerprint density at radius 1 is 1.10 bits per heavy atom. The van der Waals surface area contributed by atoms with E-state index < -0.39 is 0 Å². The molecule has 0 radical (unpaired) electrons. The first-order chi connectivity index (χ1) is 15.0. The molecule has 3 aromatic heterocycles. The lowest BCUT2D eigenvalue weighted by atomic mass is 10.1. The maximum atomic E-state index is 13.6. The Labute approximate surface area is 184 Å². The van der Waals surface area contributed by atoms with E-state index in [1.165, 1.54) is 27.8 Å². The number of benzene rings is 1. The van der Waals surface area contributed by atoms with Crippen molar-refractivity contribution in [3.05, 3.63) is 92.6 Å². The van der Waals surface area contributed by atoms with Gasteiger partial charge in [-0.05, 0) is 41.7 Å². The topological polar surface area (TPSA) is 68.1 Å². The maximum absolute atomic E-state index is 13.6. The van der Waals surface area contributed by atoms with Crippen LogP contribution in [0.25, 0.3) is 10.2 Å². The number of carbonyl (C=O) groups excluding carboxylic acids is 1. The molecule has 0 aliphatic rings. The van der Waals surface area contributed by atoms with Crippen molar-refractivity contribution in [2.24, 2.45) is 7.05 Å². The van der Waals surface area contributed by atoms with Crippen LogP contribution in [-0.4, -0.2) is 25.3 Å². The van der Waals surface area contributed by atoms with Crippen molar-refractivity contribution in [3.63, 3.8) is 0 Å². The highest BCUT2D eigenvalue weighted by Crippen LogP contribution is 2.29. The van der Waals surface area contributed by atoms with Crippen LogP contribution in [0.2, 0.25) is 0 Å². The molecule has 0 unspecified atom stereocenters. The number of aryl methyl sites for hydroxylation is 3. The number of rotatable bonds is 6. The fourth-order valence-electron chi connectivity index (χ4n) is 3.57. The number of fused-ring (bicyclic) bond motifs is 1. The summed E-state index contributed by atoms with van der Waals surface area (Å²) in [7, 11) is 1.67. The lowest BCUT2D eigenvalue weighted by Gasteiger charge is -2.23. The van der Waals surface area contributed by atoms with Gasteiger partial charge in [0.05, 0.1) is 16.6 Å². The van der Waals surface area contributed by atoms with Crippen molar-refractivity contribution in [2.45, 2.75) is 33.4 Å². The molecule has 0 fully saturated rings. The minimum atomic E-state index is -0.133. The van der Waals surface area contributed by atoms with E-state index in [1.54, 1.807) is 24.3 Å². The monoisotopic (exact) mass is 432 g/mol. The Hall–Kier alpha value is -3.32. The average molecular weight is 433 g/mol. The largest absolute Gasteiger partial charge is 0.329 e. The fraction of sp³-hybridized carbons (Fsp3) is 0.250. The summed E-state index contributed by atoms with van der Waals surface area (Å²) in [5, 5.41) is 0.520. The maximum Gasteiger partial charge on any atom is 0.264 e. The Bertz CT molecular complexity index is 1280. The normalized spacial score (nSPS) is 11.1. The van der Waals surface area contributed by atoms with E-state index in [0.29, 0.717) is 33.7 Å². The number of hydrogen-bond donors (Lipinski definition) is 0. The molecule has 0 spiro atoms. The summed E-state index contributed by atoms with van der Waals surface area (Å²) < 4.78 is 1.44. The van der Waals surface area contributed by atoms with E-state index >= 15 is 0 Å². The summed E-state index contributed by atoms with van der Waals surface area (Å²) in [5.41, 5.74) is 3.83. The molecule has 0 N–H and O–H groups in total. The Balaban J connectivity index is 1.72. The summed E-state index contributed by atoms with van der Waals surface area (Å²) in [6.07, 6.45) is 5.96. The van der Waals surface area contributed by atoms with Crippen molar-refractivity contribution in [1.29, 1.82) is 0 Å². The lowest BCUT2D eigenvalue weighted by molar-refractivity contribution is 0.0734. The van der Waals surface area contributed by atoms with E-state index in [9.17, 15) is 9.59 Å². The third-order valence-corrected chi connectivity index (χ3v) is 6.58. The number of pyridine rings is 1. The Morgan fingerprint density at radius 2 is 1.81 bits per heavy atom. The third kappa shape index (κ3) is 4.27. The van der Waals surface area contributed by atoms with Gasteiger partial charge < -0.3 is 9.47 Å². The smallest absolute Gasteiger partial charge is 0.264 e. The molecular formula is C24H24N4O2S. The standard InChI is InChI=1S/C24H24N4O2S/c1-4-17-7-9-18(10-8-17)13-28(14-19-6-5-11-25-12-19)24(30)21-16(2)20-22(31-21)26-15-27(3)23(20)29/h5-12,15H,4,13-14H2,1-3H3. The minimum absolute atomic E-state index is 0.106. The molecule has 3 heterocycles. The molecule has 0 bridgehead atoms. The van der Waals surface area contributed by atoms with Gasteiger partial charge in [0.2, 0.25) is 0 Å². The first-order valence-corrected chi connectivity index (χ1v) is 11.0. The summed E-state index contributed by atoms with van der Waals surface area (Å²) in [4.78, 5) is 37.7. The summed E-state index contributed by atoms with van der Waals surface area (Å²) >= 11 is 1.28. The second kappa shape index (κ2) is 8.81. The average Bonchev–Trinajstić information content (AvgIpc) is 3.13. The molecule has 0 atom stereocenters. The number of carbonyl (C=O) groups is 1. The molecule has 7 heteroatoms. The van der Waals surface area contributed by atoms with Gasteiger partial charge in [-0.2, -0.15) is 0 Å². The van der Waals surface area contributed by atoms with Gasteiger partial charge in [0, 0.05) is 32.5 Å². The summed E-state index contributed by atoms with van der Waals surface area (Å²) in [6.45, 7) is 4.85. The molecule has 1 aromatic carbocycles. The predicted octanol–water partition coefficient (Wildman–Crippen LogP) is 4.10. The number of thiophene rings is 1. The fourth-order valence-corrected chi connectivity index (χ4v) is 4.68. The predicted molar refractivity (Wildman–Crippen MR) is 123 cm³/mol. The molecule has 1 amide bonds. The zero-order valence-corrected chi connectivity index (χ0v) is 18.6. The number of aromatic nitrogens is 3. The molecule has 0 aliphatic heterocycles. The van der Waals surface area contributed by atoms with Crippen LogP contribution in [-0.2, 0) is 26.6 Å². The molecular weight excluding hydrogens is 408 g/mol. The number of nitrogens with zero attached hydrogens (tertiary/aromatic N) is 4. The van der Waals surface area contributed by atoms with Crippen LogP contribution < -0.4 is 5.56 Å². The van der Waals surface area contributed by atoms with Gasteiger partial charge in [0.25, 0.3) is 11.5 Å². The highest BCUT2D eigenvalue weighted by Gasteiger charge is 2.24. The molecule has 158 valence electrons. The van der Waals surface area contributed by atoms with Crippen LogP contribution >= 0.6 is 11.3 Å². The zero-order chi connectivity index (χ0) is 22.0. The van der Waals surface area contributed by atoms with Crippen LogP contribution in [0.4, 0.5) is 0 Å². The second-order valence-corrected chi connectivity index (χ2v) is 8.59. The van der Waals surface area contributed by atoms with Crippen LogP contribution in [0, 0.1) is 6.92 Å². The third-order valence-electron chi connectivity index (χ3n) is 5.39. The lowest BCUT2D eigenvalue weighted by Crippen LogP contribution is -2.30. The number of hydrogen-bond acceptors (Lipinski definition) is 5. The SMILES string of the molecule is CCc1ccc(CN(Cc2cccnc2)C(=O)c2sc3ncn(C)c(=O)c3c2C)cc1. The molecule has 0 saturated heterocycles. The van der Waals surface area contributed by atoms with Gasteiger partial charge in [-0.1, -0.05) is 37.3 Å². The second-order valence-electron chi connectivity index (χ2n) is 7.59. The van der Waals surface area contributed by atoms with E-state index in [1.807, 2.05) is 19.1 Å². The summed E-state index contributed by atoms with van der Waals surface area (Å²) in [5.74, 6) is -0.106. The summed E-state index contributed by atoms with van der Waals surface area (Å²) in [6, 6.07) is 12.2. The van der Waals surface area contributed by atoms with E-state index in [-0.39, 0.29) is 11.5 Å². The van der Waals surface area contributed by atoms with Crippen LogP contribution in [0.5, 0.6) is 0 Å². The van der Waals surface area contributed by atoms with Gasteiger partial charge in [0.15, 0.2) is 0 Å². The van der Waals surface area contributed by atoms with Crippen LogP contribution in [0.15, 0.2) is 59.9 Å². The first kappa shape index (κ1) is 20.9. The number of amides is 1. The quantitative estimate of drug-likeness (QED) is 0.460. The van der Waals surface area contributed by atoms with Crippen LogP contribution in [0.3, 0.4) is 0 Å². The highest BCUT2D eigenvalue weighted by molar-refractivity contribution is 7.20. The van der Waals surface area contributed by atoms with Crippen LogP contribution in [0.1, 0.15) is 38.8 Å². The van der Waals surface area contributed by atoms with Crippen molar-refractivity contribution >= 4 is 27.5 Å². The molecule has 4 aromatic rings. The molecule has 0 aliphatic carbocycles. The van der Waals surface area contributed by atoms with Gasteiger partial charge in [0.1, 0.15) is 4.83 Å². The molecule has 6 nitrogen and oxygen atoms in total. The molecule has 0 saturated carbocycles. The highest BCUT2D eigenvalue weighted by atomic mass is 32.1.